The minimum atomic E-state index is -0.296. The zero-order valence-corrected chi connectivity index (χ0v) is 19.3. The first-order valence-electron chi connectivity index (χ1n) is 9.94. The lowest BCUT2D eigenvalue weighted by atomic mass is 10.3. The summed E-state index contributed by atoms with van der Waals surface area (Å²) in [6, 6.07) is 9.18. The van der Waals surface area contributed by atoms with Crippen LogP contribution in [0.15, 0.2) is 47.6 Å². The summed E-state index contributed by atoms with van der Waals surface area (Å²) in [5.41, 5.74) is 0. The van der Waals surface area contributed by atoms with E-state index in [0.29, 0.717) is 31.3 Å². The van der Waals surface area contributed by atoms with Crippen molar-refractivity contribution >= 4 is 35.8 Å². The first-order chi connectivity index (χ1) is 14.2. The summed E-state index contributed by atoms with van der Waals surface area (Å²) in [5, 5.41) is 6.65. The third-order valence-corrected chi connectivity index (χ3v) is 4.57. The number of rotatable bonds is 8. The van der Waals surface area contributed by atoms with Crippen LogP contribution in [0.4, 0.5) is 14.6 Å². The van der Waals surface area contributed by atoms with Gasteiger partial charge in [0, 0.05) is 44.8 Å². The van der Waals surface area contributed by atoms with Crippen molar-refractivity contribution in [2.45, 2.75) is 25.8 Å². The zero-order valence-electron chi connectivity index (χ0n) is 17.0. The first-order valence-corrected chi connectivity index (χ1v) is 9.94. The molecule has 2 aromatic rings. The highest BCUT2D eigenvalue weighted by atomic mass is 127. The van der Waals surface area contributed by atoms with Gasteiger partial charge in [-0.1, -0.05) is 0 Å². The second-order valence-corrected chi connectivity index (χ2v) is 6.80. The van der Waals surface area contributed by atoms with E-state index in [2.05, 4.69) is 20.6 Å². The molecule has 0 radical (unpaired) electrons. The molecule has 2 heterocycles. The Balaban J connectivity index is 0.00000320. The summed E-state index contributed by atoms with van der Waals surface area (Å²) in [7, 11) is 0. The molecule has 0 aliphatic carbocycles. The van der Waals surface area contributed by atoms with Gasteiger partial charge in [0.1, 0.15) is 11.6 Å². The molecule has 1 aromatic carbocycles. The molecule has 0 spiro atoms. The molecule has 164 valence electrons. The fourth-order valence-corrected chi connectivity index (χ4v) is 3.17. The number of aromatic nitrogens is 1. The largest absolute Gasteiger partial charge is 0.494 e. The highest BCUT2D eigenvalue weighted by Crippen LogP contribution is 2.20. The third kappa shape index (κ3) is 7.26. The van der Waals surface area contributed by atoms with Crippen molar-refractivity contribution in [3.63, 3.8) is 0 Å². The number of anilines is 1. The second kappa shape index (κ2) is 12.5. The van der Waals surface area contributed by atoms with Crippen LogP contribution in [0.5, 0.6) is 5.75 Å². The Bertz CT molecular complexity index is 806. The molecule has 1 aliphatic heterocycles. The van der Waals surface area contributed by atoms with Crippen molar-refractivity contribution in [1.82, 2.24) is 15.6 Å². The number of hydrogen-bond donors (Lipinski definition) is 2. The number of nitrogens with zero attached hydrogens (tertiary/aromatic N) is 3. The van der Waals surface area contributed by atoms with E-state index in [0.717, 1.165) is 31.9 Å². The van der Waals surface area contributed by atoms with Crippen molar-refractivity contribution in [2.24, 2.45) is 4.99 Å². The van der Waals surface area contributed by atoms with Gasteiger partial charge in [-0.2, -0.15) is 0 Å². The van der Waals surface area contributed by atoms with E-state index in [4.69, 9.17) is 4.74 Å². The van der Waals surface area contributed by atoms with Gasteiger partial charge in [-0.05, 0) is 49.7 Å². The average Bonchev–Trinajstić information content (AvgIpc) is 3.18. The highest BCUT2D eigenvalue weighted by molar-refractivity contribution is 14.0. The van der Waals surface area contributed by atoms with Crippen molar-refractivity contribution < 1.29 is 13.5 Å². The number of halogens is 3. The molecule has 1 unspecified atom stereocenters. The molecule has 1 aromatic heterocycles. The van der Waals surface area contributed by atoms with E-state index in [1.165, 1.54) is 18.2 Å². The molecule has 0 amide bonds. The summed E-state index contributed by atoms with van der Waals surface area (Å²) < 4.78 is 32.4. The number of benzene rings is 1. The predicted molar refractivity (Wildman–Crippen MR) is 126 cm³/mol. The number of guanidine groups is 1. The Hall–Kier alpha value is -2.17. The number of pyridine rings is 1. The topological polar surface area (TPSA) is 61.8 Å². The maximum atomic E-state index is 13.9. The third-order valence-electron chi connectivity index (χ3n) is 4.57. The summed E-state index contributed by atoms with van der Waals surface area (Å²) >= 11 is 0. The molecule has 1 aliphatic rings. The Morgan fingerprint density at radius 3 is 2.80 bits per heavy atom. The fourth-order valence-electron chi connectivity index (χ4n) is 3.17. The molecule has 1 fully saturated rings. The van der Waals surface area contributed by atoms with Crippen LogP contribution in [-0.4, -0.2) is 49.8 Å². The first kappa shape index (κ1) is 24.1. The Morgan fingerprint density at radius 2 is 2.07 bits per heavy atom. The van der Waals surface area contributed by atoms with Gasteiger partial charge in [-0.15, -0.1) is 24.0 Å². The van der Waals surface area contributed by atoms with Crippen molar-refractivity contribution in [2.75, 3.05) is 37.7 Å². The van der Waals surface area contributed by atoms with Crippen molar-refractivity contribution in [3.8, 4) is 5.75 Å². The van der Waals surface area contributed by atoms with Crippen molar-refractivity contribution in [1.29, 1.82) is 0 Å². The highest BCUT2D eigenvalue weighted by Gasteiger charge is 2.25. The summed E-state index contributed by atoms with van der Waals surface area (Å²) in [6.07, 6.45) is 3.23. The summed E-state index contributed by atoms with van der Waals surface area (Å²) in [4.78, 5) is 10.7. The number of hydrogen-bond acceptors (Lipinski definition) is 4. The molecule has 6 nitrogen and oxygen atoms in total. The van der Waals surface area contributed by atoms with E-state index < -0.39 is 0 Å². The Labute approximate surface area is 193 Å². The van der Waals surface area contributed by atoms with E-state index >= 15 is 0 Å². The minimum absolute atomic E-state index is 0. The van der Waals surface area contributed by atoms with E-state index in [1.54, 1.807) is 24.4 Å². The number of aliphatic imine (C=N–C) groups is 1. The number of nitrogens with one attached hydrogen (secondary N) is 2. The molecule has 3 rings (SSSR count). The lowest BCUT2D eigenvalue weighted by Crippen LogP contribution is -2.44. The smallest absolute Gasteiger partial charge is 0.191 e. The zero-order chi connectivity index (χ0) is 20.5. The molecule has 1 saturated heterocycles. The fraction of sp³-hybridized carbons (Fsp3) is 0.429. The van der Waals surface area contributed by atoms with Gasteiger partial charge >= 0.3 is 0 Å². The molecular formula is C21H28F2IN5O. The van der Waals surface area contributed by atoms with E-state index in [-0.39, 0.29) is 41.7 Å². The van der Waals surface area contributed by atoms with Crippen LogP contribution >= 0.6 is 24.0 Å². The Morgan fingerprint density at radius 1 is 1.27 bits per heavy atom. The van der Waals surface area contributed by atoms with E-state index in [1.807, 2.05) is 11.8 Å². The molecule has 9 heteroatoms. The van der Waals surface area contributed by atoms with Gasteiger partial charge in [0.15, 0.2) is 17.6 Å². The molecule has 0 bridgehead atoms. The van der Waals surface area contributed by atoms with Crippen molar-refractivity contribution in [3.05, 3.63) is 54.2 Å². The lowest BCUT2D eigenvalue weighted by molar-refractivity contribution is 0.313. The normalized spacial score (nSPS) is 16.2. The molecule has 0 saturated carbocycles. The maximum Gasteiger partial charge on any atom is 0.191 e. The van der Waals surface area contributed by atoms with Crippen LogP contribution in [0.25, 0.3) is 0 Å². The van der Waals surface area contributed by atoms with Gasteiger partial charge in [0.05, 0.1) is 6.61 Å². The molecular weight excluding hydrogens is 503 g/mol. The summed E-state index contributed by atoms with van der Waals surface area (Å²) in [6.45, 7) is 5.29. The van der Waals surface area contributed by atoms with Crippen LogP contribution in [0.1, 0.15) is 19.8 Å². The lowest BCUT2D eigenvalue weighted by Gasteiger charge is -2.20. The quantitative estimate of drug-likeness (QED) is 0.236. The second-order valence-electron chi connectivity index (χ2n) is 6.80. The van der Waals surface area contributed by atoms with Gasteiger partial charge in [-0.25, -0.2) is 13.8 Å². The average molecular weight is 531 g/mol. The molecule has 1 atom stereocenters. The molecule has 2 N–H and O–H groups in total. The predicted octanol–water partition coefficient (Wildman–Crippen LogP) is 3.58. The van der Waals surface area contributed by atoms with Gasteiger partial charge < -0.3 is 20.3 Å². The number of ether oxygens (including phenoxy) is 1. The van der Waals surface area contributed by atoms with Crippen LogP contribution in [0.3, 0.4) is 0 Å². The summed E-state index contributed by atoms with van der Waals surface area (Å²) in [5.74, 6) is 1.21. The molecule has 30 heavy (non-hydrogen) atoms. The van der Waals surface area contributed by atoms with E-state index in [9.17, 15) is 8.78 Å². The van der Waals surface area contributed by atoms with Crippen LogP contribution in [-0.2, 0) is 0 Å². The monoisotopic (exact) mass is 531 g/mol. The van der Waals surface area contributed by atoms with Crippen LogP contribution in [0.2, 0.25) is 0 Å². The van der Waals surface area contributed by atoms with Crippen LogP contribution < -0.4 is 20.3 Å². The SMILES string of the molecule is CCNC(=NCCCOc1ccc(F)cc1)NC1CCN(c2ncccc2F)C1.I. The van der Waals surface area contributed by atoms with Crippen LogP contribution in [0, 0.1) is 11.6 Å². The van der Waals surface area contributed by atoms with Gasteiger partial charge in [0.25, 0.3) is 0 Å². The van der Waals surface area contributed by atoms with Gasteiger partial charge in [0.2, 0.25) is 0 Å². The maximum absolute atomic E-state index is 13.9. The van der Waals surface area contributed by atoms with Gasteiger partial charge in [-0.3, -0.25) is 4.99 Å². The Kier molecular flexibility index (Phi) is 10.0. The minimum Gasteiger partial charge on any atom is -0.494 e. The standard InChI is InChI=1S/C21H27F2N5O.HI/c1-2-24-21(26-12-4-14-29-18-8-6-16(22)7-9-18)27-17-10-13-28(15-17)20-19(23)5-3-11-25-20;/h3,5-9,11,17H,2,4,10,12-15H2,1H3,(H2,24,26,27);1H.